The van der Waals surface area contributed by atoms with Crippen molar-refractivity contribution in [3.05, 3.63) is 48.8 Å². The van der Waals surface area contributed by atoms with Crippen LogP contribution in [-0.2, 0) is 0 Å². The highest BCUT2D eigenvalue weighted by molar-refractivity contribution is 5.26. The Hall–Kier alpha value is -1.97. The minimum Gasteiger partial charge on any atom is -0.454 e. The molecular weight excluding hydrogens is 183 g/mol. The number of pyridine rings is 2. The van der Waals surface area contributed by atoms with Gasteiger partial charge in [0.2, 0.25) is 0 Å². The number of rotatable bonds is 2. The average Bonchev–Trinajstić information content (AvgIpc) is 2.19. The van der Waals surface area contributed by atoms with Crippen LogP contribution < -0.4 is 4.74 Å². The molecular formula is C10H7FN2O. The van der Waals surface area contributed by atoms with E-state index >= 15 is 0 Å². The summed E-state index contributed by atoms with van der Waals surface area (Å²) in [5.74, 6) is 0.490. The highest BCUT2D eigenvalue weighted by Gasteiger charge is 1.98. The van der Waals surface area contributed by atoms with E-state index in [2.05, 4.69) is 9.97 Å². The third kappa shape index (κ3) is 2.04. The predicted molar refractivity (Wildman–Crippen MR) is 48.5 cm³/mol. The molecule has 4 heteroatoms. The van der Waals surface area contributed by atoms with Gasteiger partial charge in [0.05, 0.1) is 18.6 Å². The van der Waals surface area contributed by atoms with Crippen LogP contribution in [0.15, 0.2) is 43.0 Å². The summed E-state index contributed by atoms with van der Waals surface area (Å²) in [5.41, 5.74) is 0. The second-order valence-corrected chi connectivity index (χ2v) is 2.63. The molecule has 0 aromatic carbocycles. The van der Waals surface area contributed by atoms with Gasteiger partial charge in [0.1, 0.15) is 17.3 Å². The van der Waals surface area contributed by atoms with Crippen LogP contribution in [0.25, 0.3) is 0 Å². The Balaban J connectivity index is 2.19. The third-order valence-electron chi connectivity index (χ3n) is 1.55. The van der Waals surface area contributed by atoms with E-state index in [1.54, 1.807) is 24.5 Å². The zero-order valence-corrected chi connectivity index (χ0v) is 7.22. The minimum atomic E-state index is -0.425. The summed E-state index contributed by atoms with van der Waals surface area (Å²) in [6.07, 6.45) is 5.74. The van der Waals surface area contributed by atoms with Gasteiger partial charge >= 0.3 is 0 Å². The van der Waals surface area contributed by atoms with E-state index in [9.17, 15) is 4.39 Å². The van der Waals surface area contributed by atoms with Crippen molar-refractivity contribution >= 4 is 0 Å². The van der Waals surface area contributed by atoms with Crippen molar-refractivity contribution in [2.45, 2.75) is 0 Å². The smallest absolute Gasteiger partial charge is 0.148 e. The van der Waals surface area contributed by atoms with Gasteiger partial charge in [0.25, 0.3) is 0 Å². The molecule has 0 aliphatic heterocycles. The number of ether oxygens (including phenoxy) is 1. The molecule has 0 unspecified atom stereocenters. The van der Waals surface area contributed by atoms with Crippen LogP contribution >= 0.6 is 0 Å². The van der Waals surface area contributed by atoms with Crippen molar-refractivity contribution in [1.29, 1.82) is 0 Å². The Kier molecular flexibility index (Phi) is 2.36. The molecule has 0 saturated heterocycles. The molecule has 14 heavy (non-hydrogen) atoms. The van der Waals surface area contributed by atoms with E-state index in [0.29, 0.717) is 11.5 Å². The molecule has 2 aromatic rings. The molecule has 0 saturated carbocycles. The first-order valence-electron chi connectivity index (χ1n) is 4.03. The zero-order valence-electron chi connectivity index (χ0n) is 7.22. The van der Waals surface area contributed by atoms with Crippen molar-refractivity contribution in [2.24, 2.45) is 0 Å². The van der Waals surface area contributed by atoms with Crippen molar-refractivity contribution in [3.63, 3.8) is 0 Å². The fraction of sp³-hybridized carbons (Fsp3) is 0. The molecule has 0 spiro atoms. The maximum absolute atomic E-state index is 12.7. The summed E-state index contributed by atoms with van der Waals surface area (Å²) in [5, 5.41) is 0. The maximum atomic E-state index is 12.7. The fourth-order valence-corrected chi connectivity index (χ4v) is 0.992. The van der Waals surface area contributed by atoms with Crippen LogP contribution in [0.5, 0.6) is 11.5 Å². The second kappa shape index (κ2) is 3.83. The molecule has 2 heterocycles. The van der Waals surface area contributed by atoms with Crippen molar-refractivity contribution in [2.75, 3.05) is 0 Å². The largest absolute Gasteiger partial charge is 0.454 e. The minimum absolute atomic E-state index is 0.359. The number of nitrogens with zero attached hydrogens (tertiary/aromatic N) is 2. The fourth-order valence-electron chi connectivity index (χ4n) is 0.992. The van der Waals surface area contributed by atoms with E-state index in [1.807, 2.05) is 0 Å². The molecule has 0 radical (unpaired) electrons. The molecule has 0 fully saturated rings. The quantitative estimate of drug-likeness (QED) is 0.729. The van der Waals surface area contributed by atoms with Crippen LogP contribution in [0.1, 0.15) is 0 Å². The van der Waals surface area contributed by atoms with Gasteiger partial charge in [0.15, 0.2) is 0 Å². The zero-order chi connectivity index (χ0) is 9.80. The van der Waals surface area contributed by atoms with Gasteiger partial charge in [0, 0.05) is 12.3 Å². The van der Waals surface area contributed by atoms with E-state index in [-0.39, 0.29) is 0 Å². The number of halogens is 1. The Labute approximate surface area is 80.2 Å². The van der Waals surface area contributed by atoms with Crippen molar-refractivity contribution < 1.29 is 9.13 Å². The molecule has 3 nitrogen and oxygen atoms in total. The van der Waals surface area contributed by atoms with Gasteiger partial charge in [-0.2, -0.15) is 0 Å². The van der Waals surface area contributed by atoms with Gasteiger partial charge in [-0.1, -0.05) is 0 Å². The lowest BCUT2D eigenvalue weighted by molar-refractivity contribution is 0.471. The van der Waals surface area contributed by atoms with Gasteiger partial charge in [-0.15, -0.1) is 0 Å². The van der Waals surface area contributed by atoms with Crippen LogP contribution in [0.4, 0.5) is 4.39 Å². The van der Waals surface area contributed by atoms with E-state index in [4.69, 9.17) is 4.74 Å². The topological polar surface area (TPSA) is 35.0 Å². The van der Waals surface area contributed by atoms with Crippen molar-refractivity contribution in [1.82, 2.24) is 9.97 Å². The molecule has 2 rings (SSSR count). The molecule has 2 aromatic heterocycles. The van der Waals surface area contributed by atoms with E-state index < -0.39 is 5.82 Å². The second-order valence-electron chi connectivity index (χ2n) is 2.63. The lowest BCUT2D eigenvalue weighted by Gasteiger charge is -2.03. The normalized spacial score (nSPS) is 9.79. The summed E-state index contributed by atoms with van der Waals surface area (Å²) in [7, 11) is 0. The standard InChI is InChI=1S/C10H7FN2O/c11-8-4-10(7-13-5-8)14-9-2-1-3-12-6-9/h1-7H. The third-order valence-corrected chi connectivity index (χ3v) is 1.55. The molecule has 0 atom stereocenters. The lowest BCUT2D eigenvalue weighted by Crippen LogP contribution is -1.86. The van der Waals surface area contributed by atoms with Crippen LogP contribution in [0.3, 0.4) is 0 Å². The summed E-state index contributed by atoms with van der Waals surface area (Å²) in [6, 6.07) is 4.74. The Morgan fingerprint density at radius 2 is 1.93 bits per heavy atom. The van der Waals surface area contributed by atoms with Crippen LogP contribution in [0.2, 0.25) is 0 Å². The van der Waals surface area contributed by atoms with E-state index in [1.165, 1.54) is 12.3 Å². The number of hydrogen-bond donors (Lipinski definition) is 0. The van der Waals surface area contributed by atoms with Crippen LogP contribution in [0, 0.1) is 5.82 Å². The Morgan fingerprint density at radius 1 is 1.07 bits per heavy atom. The molecule has 0 amide bonds. The molecule has 0 N–H and O–H groups in total. The van der Waals surface area contributed by atoms with Gasteiger partial charge in [-0.25, -0.2) is 4.39 Å². The monoisotopic (exact) mass is 190 g/mol. The molecule has 70 valence electrons. The first kappa shape index (κ1) is 8.62. The van der Waals surface area contributed by atoms with Crippen LogP contribution in [-0.4, -0.2) is 9.97 Å². The van der Waals surface area contributed by atoms with Gasteiger partial charge in [-0.05, 0) is 12.1 Å². The highest BCUT2D eigenvalue weighted by Crippen LogP contribution is 2.19. The highest BCUT2D eigenvalue weighted by atomic mass is 19.1. The maximum Gasteiger partial charge on any atom is 0.148 e. The molecule has 0 bridgehead atoms. The predicted octanol–water partition coefficient (Wildman–Crippen LogP) is 2.41. The first-order chi connectivity index (χ1) is 6.84. The lowest BCUT2D eigenvalue weighted by atomic mass is 10.4. The number of aromatic nitrogens is 2. The first-order valence-corrected chi connectivity index (χ1v) is 4.03. The summed E-state index contributed by atoms with van der Waals surface area (Å²) in [4.78, 5) is 7.52. The van der Waals surface area contributed by atoms with Gasteiger partial charge in [-0.3, -0.25) is 9.97 Å². The Bertz CT molecular complexity index is 419. The van der Waals surface area contributed by atoms with Gasteiger partial charge < -0.3 is 4.74 Å². The summed E-state index contributed by atoms with van der Waals surface area (Å²) in [6.45, 7) is 0. The summed E-state index contributed by atoms with van der Waals surface area (Å²) >= 11 is 0. The molecule has 0 aliphatic rings. The average molecular weight is 190 g/mol. The van der Waals surface area contributed by atoms with Crippen molar-refractivity contribution in [3.8, 4) is 11.5 Å². The number of hydrogen-bond acceptors (Lipinski definition) is 3. The van der Waals surface area contributed by atoms with E-state index in [0.717, 1.165) is 6.20 Å². The Morgan fingerprint density at radius 3 is 2.64 bits per heavy atom. The molecule has 0 aliphatic carbocycles. The summed E-state index contributed by atoms with van der Waals surface area (Å²) < 4.78 is 18.0. The SMILES string of the molecule is Fc1cncc(Oc2cccnc2)c1.